The van der Waals surface area contributed by atoms with Gasteiger partial charge in [0.2, 0.25) is 5.91 Å². The third kappa shape index (κ3) is 6.17. The maximum atomic E-state index is 11.1. The number of benzene rings is 1. The van der Waals surface area contributed by atoms with Crippen LogP contribution in [0, 0.1) is 5.92 Å². The van der Waals surface area contributed by atoms with E-state index in [9.17, 15) is 9.90 Å². The summed E-state index contributed by atoms with van der Waals surface area (Å²) in [6.07, 6.45) is 0.474. The first kappa shape index (κ1) is 16.7. The molecule has 2 unspecified atom stereocenters. The van der Waals surface area contributed by atoms with E-state index in [1.54, 1.807) is 0 Å². The van der Waals surface area contributed by atoms with Crippen molar-refractivity contribution in [3.63, 3.8) is 0 Å². The van der Waals surface area contributed by atoms with E-state index in [-0.39, 0.29) is 18.1 Å². The van der Waals surface area contributed by atoms with E-state index in [4.69, 9.17) is 0 Å². The van der Waals surface area contributed by atoms with Gasteiger partial charge in [0, 0.05) is 25.2 Å². The van der Waals surface area contributed by atoms with Crippen LogP contribution in [0.15, 0.2) is 24.3 Å². The molecule has 0 bridgehead atoms. The van der Waals surface area contributed by atoms with Crippen LogP contribution in [0.3, 0.4) is 0 Å². The van der Waals surface area contributed by atoms with Gasteiger partial charge in [0.05, 0.1) is 6.10 Å². The van der Waals surface area contributed by atoms with Crippen LogP contribution in [0.25, 0.3) is 0 Å². The molecule has 0 aliphatic heterocycles. The van der Waals surface area contributed by atoms with Crippen molar-refractivity contribution in [1.82, 2.24) is 5.32 Å². The van der Waals surface area contributed by atoms with Crippen molar-refractivity contribution in [1.29, 1.82) is 0 Å². The molecule has 3 N–H and O–H groups in total. The second kappa shape index (κ2) is 8.02. The van der Waals surface area contributed by atoms with Gasteiger partial charge < -0.3 is 15.7 Å². The molecule has 0 fully saturated rings. The van der Waals surface area contributed by atoms with Gasteiger partial charge in [-0.25, -0.2) is 0 Å². The van der Waals surface area contributed by atoms with Crippen LogP contribution in [-0.2, 0) is 4.79 Å². The van der Waals surface area contributed by atoms with Crippen LogP contribution in [0.4, 0.5) is 5.69 Å². The highest BCUT2D eigenvalue weighted by atomic mass is 16.3. The summed E-state index contributed by atoms with van der Waals surface area (Å²) in [5, 5.41) is 16.0. The zero-order chi connectivity index (χ0) is 15.1. The van der Waals surface area contributed by atoms with Crippen molar-refractivity contribution in [3.05, 3.63) is 29.8 Å². The van der Waals surface area contributed by atoms with Crippen molar-refractivity contribution >= 4 is 11.6 Å². The number of carbonyl (C=O) groups excluding carboxylic acids is 1. The fourth-order valence-electron chi connectivity index (χ4n) is 2.15. The molecule has 0 saturated heterocycles. The van der Waals surface area contributed by atoms with Gasteiger partial charge in [-0.2, -0.15) is 0 Å². The number of aliphatic hydroxyl groups is 1. The number of aliphatic hydroxyl groups excluding tert-OH is 1. The Labute approximate surface area is 121 Å². The predicted molar refractivity (Wildman–Crippen MR) is 82.6 cm³/mol. The van der Waals surface area contributed by atoms with Gasteiger partial charge in [-0.05, 0) is 37.0 Å². The van der Waals surface area contributed by atoms with Crippen molar-refractivity contribution in [2.45, 2.75) is 46.3 Å². The van der Waals surface area contributed by atoms with E-state index >= 15 is 0 Å². The van der Waals surface area contributed by atoms with Gasteiger partial charge in [0.1, 0.15) is 0 Å². The lowest BCUT2D eigenvalue weighted by Crippen LogP contribution is -2.30. The third-order valence-corrected chi connectivity index (χ3v) is 3.11. The molecule has 0 aliphatic rings. The summed E-state index contributed by atoms with van der Waals surface area (Å²) in [6.45, 7) is 8.32. The minimum absolute atomic E-state index is 0.0740. The summed E-state index contributed by atoms with van der Waals surface area (Å²) in [7, 11) is 0. The average Bonchev–Trinajstić information content (AvgIpc) is 2.34. The molecule has 0 heterocycles. The Morgan fingerprint density at radius 1 is 1.30 bits per heavy atom. The molecule has 1 rings (SSSR count). The first-order chi connectivity index (χ1) is 9.38. The monoisotopic (exact) mass is 278 g/mol. The molecule has 20 heavy (non-hydrogen) atoms. The molecule has 1 amide bonds. The molecule has 1 aromatic rings. The van der Waals surface area contributed by atoms with Gasteiger partial charge >= 0.3 is 0 Å². The minimum Gasteiger partial charge on any atom is -0.392 e. The smallest absolute Gasteiger partial charge is 0.221 e. The van der Waals surface area contributed by atoms with E-state index in [1.807, 2.05) is 24.3 Å². The Balaban J connectivity index is 2.54. The number of rotatable bonds is 7. The quantitative estimate of drug-likeness (QED) is 0.718. The summed E-state index contributed by atoms with van der Waals surface area (Å²) >= 11 is 0. The number of hydrogen-bond donors (Lipinski definition) is 3. The van der Waals surface area contributed by atoms with Gasteiger partial charge in [0.15, 0.2) is 0 Å². The molecule has 2 atom stereocenters. The maximum absolute atomic E-state index is 11.1. The summed E-state index contributed by atoms with van der Waals surface area (Å²) in [5.41, 5.74) is 1.89. The van der Waals surface area contributed by atoms with E-state index in [0.29, 0.717) is 12.5 Å². The maximum Gasteiger partial charge on any atom is 0.221 e. The average molecular weight is 278 g/mol. The number of carbonyl (C=O) groups is 1. The largest absolute Gasteiger partial charge is 0.392 e. The lowest BCUT2D eigenvalue weighted by molar-refractivity contribution is -0.114. The van der Waals surface area contributed by atoms with Crippen molar-refractivity contribution in [3.8, 4) is 0 Å². The summed E-state index contributed by atoms with van der Waals surface area (Å²) < 4.78 is 0. The molecule has 4 nitrogen and oxygen atoms in total. The zero-order valence-electron chi connectivity index (χ0n) is 12.8. The Hall–Kier alpha value is -1.39. The van der Waals surface area contributed by atoms with Crippen molar-refractivity contribution < 1.29 is 9.90 Å². The molecule has 4 heteroatoms. The molecule has 0 spiro atoms. The Morgan fingerprint density at radius 3 is 2.60 bits per heavy atom. The Kier molecular flexibility index (Phi) is 6.68. The molecule has 0 saturated carbocycles. The van der Waals surface area contributed by atoms with Crippen LogP contribution < -0.4 is 10.6 Å². The highest BCUT2D eigenvalue weighted by molar-refractivity contribution is 5.88. The lowest BCUT2D eigenvalue weighted by Gasteiger charge is -2.19. The molecule has 0 aliphatic carbocycles. The van der Waals surface area contributed by atoms with Crippen LogP contribution >= 0.6 is 0 Å². The molecule has 0 aromatic heterocycles. The minimum atomic E-state index is -0.323. The fraction of sp³-hybridized carbons (Fsp3) is 0.562. The highest BCUT2D eigenvalue weighted by Gasteiger charge is 2.10. The predicted octanol–water partition coefficient (Wildman–Crippen LogP) is 2.70. The summed E-state index contributed by atoms with van der Waals surface area (Å²) in [4.78, 5) is 11.1. The molecule has 0 radical (unpaired) electrons. The van der Waals surface area contributed by atoms with E-state index in [1.165, 1.54) is 6.92 Å². The van der Waals surface area contributed by atoms with E-state index < -0.39 is 0 Å². The van der Waals surface area contributed by atoms with E-state index in [2.05, 4.69) is 31.4 Å². The number of anilines is 1. The molecule has 1 aromatic carbocycles. The number of amides is 1. The third-order valence-electron chi connectivity index (χ3n) is 3.11. The lowest BCUT2D eigenvalue weighted by atomic mass is 10.0. The Morgan fingerprint density at radius 2 is 2.00 bits per heavy atom. The standard InChI is InChI=1S/C16H26N2O2/c1-11(2)8-16(20)10-17-12(3)14-6-5-7-15(9-14)18-13(4)19/h5-7,9,11-12,16-17,20H,8,10H2,1-4H3,(H,18,19). The highest BCUT2D eigenvalue weighted by Crippen LogP contribution is 2.17. The van der Waals surface area contributed by atoms with Crippen LogP contribution in [0.1, 0.15) is 45.7 Å². The fourth-order valence-corrected chi connectivity index (χ4v) is 2.15. The summed E-state index contributed by atoms with van der Waals surface area (Å²) in [6, 6.07) is 7.88. The van der Waals surface area contributed by atoms with Gasteiger partial charge in [-0.1, -0.05) is 26.0 Å². The van der Waals surface area contributed by atoms with Gasteiger partial charge in [-0.15, -0.1) is 0 Å². The first-order valence-electron chi connectivity index (χ1n) is 7.17. The van der Waals surface area contributed by atoms with Gasteiger partial charge in [-0.3, -0.25) is 4.79 Å². The number of nitrogens with one attached hydrogen (secondary N) is 2. The molecular weight excluding hydrogens is 252 g/mol. The zero-order valence-corrected chi connectivity index (χ0v) is 12.8. The normalized spacial score (nSPS) is 14.1. The SMILES string of the molecule is CC(=O)Nc1cccc(C(C)NCC(O)CC(C)C)c1. The summed E-state index contributed by atoms with van der Waals surface area (Å²) in [5.74, 6) is 0.417. The van der Waals surface area contributed by atoms with Crippen LogP contribution in [-0.4, -0.2) is 23.7 Å². The topological polar surface area (TPSA) is 61.4 Å². The number of hydrogen-bond acceptors (Lipinski definition) is 3. The molecular formula is C16H26N2O2. The second-order valence-corrected chi connectivity index (χ2v) is 5.72. The first-order valence-corrected chi connectivity index (χ1v) is 7.17. The molecule has 112 valence electrons. The second-order valence-electron chi connectivity index (χ2n) is 5.72. The van der Waals surface area contributed by atoms with Crippen molar-refractivity contribution in [2.24, 2.45) is 5.92 Å². The van der Waals surface area contributed by atoms with E-state index in [0.717, 1.165) is 17.7 Å². The van der Waals surface area contributed by atoms with Crippen LogP contribution in [0.5, 0.6) is 0 Å². The van der Waals surface area contributed by atoms with Crippen LogP contribution in [0.2, 0.25) is 0 Å². The Bertz CT molecular complexity index is 432. The van der Waals surface area contributed by atoms with Crippen molar-refractivity contribution in [2.75, 3.05) is 11.9 Å². The van der Waals surface area contributed by atoms with Gasteiger partial charge in [0.25, 0.3) is 0 Å².